The highest BCUT2D eigenvalue weighted by molar-refractivity contribution is 7.03. The molecule has 0 radical (unpaired) electrons. The molecule has 3 aliphatic carbocycles. The van der Waals surface area contributed by atoms with Crippen LogP contribution >= 0.6 is 0 Å². The molecule has 0 fully saturated rings. The quantitative estimate of drug-likeness (QED) is 0.115. The Morgan fingerprint density at radius 2 is 0.349 bits per heavy atom. The number of hydrogen-bond donors (Lipinski definition) is 1. The molecule has 0 saturated heterocycles. The summed E-state index contributed by atoms with van der Waals surface area (Å²) in [6, 6.07) is 117. The maximum absolute atomic E-state index is 3.38. The second kappa shape index (κ2) is 58.3. The predicted octanol–water partition coefficient (Wildman–Crippen LogP) is 46.5. The van der Waals surface area contributed by atoms with Gasteiger partial charge >= 0.3 is 0 Å². The molecule has 0 unspecified atom stereocenters. The first kappa shape index (κ1) is 133. The largest absolute Gasteiger partial charge is 0.355 e. The zero-order chi connectivity index (χ0) is 114. The molecule has 1 nitrogen and oxygen atoms in total. The molecule has 1 aromatic heterocycles. The summed E-state index contributed by atoms with van der Waals surface area (Å²) >= 11 is 0. The van der Waals surface area contributed by atoms with E-state index in [-0.39, 0.29) is 0 Å². The number of hydrogen-bond acceptors (Lipinski definition) is 0. The number of aromatic amines is 1. The Kier molecular flexibility index (Phi) is 51.8. The van der Waals surface area contributed by atoms with Crippen molar-refractivity contribution in [1.29, 1.82) is 0 Å². The third kappa shape index (κ3) is 61.5. The van der Waals surface area contributed by atoms with Crippen molar-refractivity contribution in [1.82, 2.24) is 4.98 Å². The van der Waals surface area contributed by atoms with Gasteiger partial charge in [-0.05, 0) is 252 Å². The molecule has 1 N–H and O–H groups in total. The lowest BCUT2D eigenvalue weighted by Gasteiger charge is -2.18. The first-order valence-corrected chi connectivity index (χ1v) is 58.3. The van der Waals surface area contributed by atoms with Crippen molar-refractivity contribution in [2.45, 2.75) is 365 Å². The van der Waals surface area contributed by atoms with Gasteiger partial charge in [0.2, 0.25) is 0 Å². The number of rotatable bonds is 0. The standard InChI is InChI=1S/C20H14.C17H12.C14H14Si.C14H10.C12H9N.C10H8.12C5H12/c1-3-7-17-13(5-1)9-15-11-20-16(12-19(15)17)10-14-6-2-4-8-18(14)20;1-3-7-15-12(5-1)9-10-14-11-13-6-2-4-8-16(13)17(14)15;1-15(2)13-9-5-3-7-11(13)12-8-4-6-10-14(12)15;1-2-6-12-10-14-8-4-3-7-13(14)9-11(12)5-1;1-3-7-11-9(5-1)10-6-2-4-8-12(10)13-11;1-2-6-10-8-4-3-7-9(10)5-1;12*1-5(2,3)4/h1-8,11-12H,9-10H2;1-10H,11H2;3-10H,1-2H3;1-10H;1-8,13H;1-8H;12*1-4H3. The molecular formula is C147H211NSi. The zero-order valence-corrected chi connectivity index (χ0v) is 105. The third-order valence-electron chi connectivity index (χ3n) is 18.6. The molecule has 808 valence electrons. The lowest BCUT2D eigenvalue weighted by atomic mass is 9.98. The van der Waals surface area contributed by atoms with Crippen LogP contribution in [-0.2, 0) is 19.3 Å². The van der Waals surface area contributed by atoms with Crippen LogP contribution in [0.2, 0.25) is 13.1 Å². The maximum atomic E-state index is 3.38. The first-order chi connectivity index (χ1) is 67.9. The fraction of sp³-hybridized carbons (Fsp3) is 0.442. The number of para-hydroxylation sites is 2. The van der Waals surface area contributed by atoms with Gasteiger partial charge in [-0.15, -0.1) is 0 Å². The van der Waals surface area contributed by atoms with E-state index in [1.807, 2.05) is 0 Å². The van der Waals surface area contributed by atoms with Gasteiger partial charge in [0.25, 0.3) is 0 Å². The van der Waals surface area contributed by atoms with Gasteiger partial charge in [-0.25, -0.2) is 0 Å². The fourth-order valence-corrected chi connectivity index (χ4v) is 17.3. The van der Waals surface area contributed by atoms with Gasteiger partial charge in [-0.3, -0.25) is 0 Å². The van der Waals surface area contributed by atoms with Crippen LogP contribution in [0, 0.1) is 65.0 Å². The molecule has 0 atom stereocenters. The summed E-state index contributed by atoms with van der Waals surface area (Å²) in [7, 11) is -1.38. The average molecular weight is 2020 g/mol. The Morgan fingerprint density at radius 1 is 0.154 bits per heavy atom. The highest BCUT2D eigenvalue weighted by Gasteiger charge is 2.37. The molecular weight excluding hydrogens is 1810 g/mol. The van der Waals surface area contributed by atoms with Crippen molar-refractivity contribution < 1.29 is 0 Å². The van der Waals surface area contributed by atoms with Crippen LogP contribution in [0.15, 0.2) is 328 Å². The average Bonchev–Trinajstić information content (AvgIpc) is 1.60. The summed E-state index contributed by atoms with van der Waals surface area (Å²) in [6.45, 7) is 110. The van der Waals surface area contributed by atoms with Gasteiger partial charge in [-0.1, -0.05) is 637 Å². The van der Waals surface area contributed by atoms with E-state index in [4.69, 9.17) is 0 Å². The Balaban J connectivity index is 0.000000417. The van der Waals surface area contributed by atoms with Crippen molar-refractivity contribution in [3.63, 3.8) is 0 Å². The first-order valence-electron chi connectivity index (χ1n) is 55.3. The molecule has 15 aromatic carbocycles. The van der Waals surface area contributed by atoms with E-state index >= 15 is 0 Å². The molecule has 16 aromatic rings. The van der Waals surface area contributed by atoms with Crippen molar-refractivity contribution in [3.05, 3.63) is 361 Å². The van der Waals surface area contributed by atoms with Crippen molar-refractivity contribution in [2.24, 2.45) is 65.0 Å². The topological polar surface area (TPSA) is 15.8 Å². The lowest BCUT2D eigenvalue weighted by Crippen LogP contribution is -2.49. The molecule has 149 heavy (non-hydrogen) atoms. The number of benzene rings is 15. The summed E-state index contributed by atoms with van der Waals surface area (Å²) in [5, 5.41) is 16.4. The zero-order valence-electron chi connectivity index (χ0n) is 104. The number of aromatic nitrogens is 1. The summed E-state index contributed by atoms with van der Waals surface area (Å²) in [6.07, 6.45) is 3.25. The summed E-state index contributed by atoms with van der Waals surface area (Å²) < 4.78 is 0. The van der Waals surface area contributed by atoms with Gasteiger partial charge in [0.1, 0.15) is 8.07 Å². The summed E-state index contributed by atoms with van der Waals surface area (Å²) in [4.78, 5) is 3.38. The minimum absolute atomic E-state index is 0.500. The number of H-pyrrole nitrogens is 1. The summed E-state index contributed by atoms with van der Waals surface area (Å²) in [5.41, 5.74) is 28.8. The Hall–Kier alpha value is -10.6. The molecule has 1 aliphatic heterocycles. The minimum atomic E-state index is -1.38. The molecule has 0 spiro atoms. The molecule has 2 heteroatoms. The van der Waals surface area contributed by atoms with Crippen LogP contribution < -0.4 is 10.4 Å². The molecule has 0 saturated carbocycles. The van der Waals surface area contributed by atoms with Gasteiger partial charge in [-0.2, -0.15) is 0 Å². The number of nitrogens with one attached hydrogen (secondary N) is 1. The molecule has 0 bridgehead atoms. The fourth-order valence-electron chi connectivity index (χ4n) is 14.2. The SMILES string of the molecule is CC(C)(C)C.CC(C)(C)C.CC(C)(C)C.CC(C)(C)C.CC(C)(C)C.CC(C)(C)C.CC(C)(C)C.CC(C)(C)C.CC(C)(C)C.CC(C)(C)C.CC(C)(C)C.CC(C)(C)C.C[Si]1(C)c2ccccc2-c2ccccc21.c1ccc2c(c1)Cc1cc3c(cc1-2)Cc1ccccc1-3.c1ccc2c(c1)Cc1ccc3ccccc3c1-2.c1ccc2c(c1)[nH]c1ccccc12.c1ccc2cc3ccccc3cc2c1.c1ccc2ccccc2c1. The Bertz CT molecular complexity index is 5940. The molecule has 0 amide bonds. The lowest BCUT2D eigenvalue weighted by molar-refractivity contribution is 0.469. The van der Waals surface area contributed by atoms with Crippen molar-refractivity contribution in [2.75, 3.05) is 0 Å². The molecule has 4 aliphatic rings. The van der Waals surface area contributed by atoms with Crippen LogP contribution in [0.4, 0.5) is 0 Å². The van der Waals surface area contributed by atoms with E-state index < -0.39 is 8.07 Å². The number of fused-ring (bicyclic) bond motifs is 20. The highest BCUT2D eigenvalue weighted by Crippen LogP contribution is 2.46. The van der Waals surface area contributed by atoms with Gasteiger partial charge < -0.3 is 4.98 Å². The molecule has 20 rings (SSSR count). The van der Waals surface area contributed by atoms with Crippen molar-refractivity contribution in [3.8, 4) is 44.5 Å². The predicted molar refractivity (Wildman–Crippen MR) is 686 cm³/mol. The van der Waals surface area contributed by atoms with Crippen LogP contribution in [-0.4, -0.2) is 13.1 Å². The minimum Gasteiger partial charge on any atom is -0.355 e. The van der Waals surface area contributed by atoms with Crippen molar-refractivity contribution >= 4 is 83.3 Å². The van der Waals surface area contributed by atoms with Gasteiger partial charge in [0.15, 0.2) is 0 Å². The Labute approximate surface area is 916 Å². The second-order valence-corrected chi connectivity index (χ2v) is 64.6. The van der Waals surface area contributed by atoms with Crippen LogP contribution in [0.3, 0.4) is 0 Å². The van der Waals surface area contributed by atoms with E-state index in [2.05, 4.69) is 678 Å². The highest BCUT2D eigenvalue weighted by atomic mass is 28.3. The maximum Gasteiger partial charge on any atom is 0.113 e. The monoisotopic (exact) mass is 2020 g/mol. The van der Waals surface area contributed by atoms with Gasteiger partial charge in [0.05, 0.1) is 0 Å². The normalized spacial score (nSPS) is 12.3. The van der Waals surface area contributed by atoms with Gasteiger partial charge in [0, 0.05) is 21.8 Å². The van der Waals surface area contributed by atoms with E-state index in [0.29, 0.717) is 65.0 Å². The van der Waals surface area contributed by atoms with E-state index in [9.17, 15) is 0 Å². The van der Waals surface area contributed by atoms with Crippen LogP contribution in [0.5, 0.6) is 0 Å². The second-order valence-electron chi connectivity index (χ2n) is 60.3. The van der Waals surface area contributed by atoms with E-state index in [1.54, 1.807) is 10.4 Å². The third-order valence-corrected chi connectivity index (χ3v) is 22.1. The Morgan fingerprint density at radius 3 is 0.624 bits per heavy atom. The van der Waals surface area contributed by atoms with Crippen LogP contribution in [0.25, 0.3) is 109 Å². The van der Waals surface area contributed by atoms with Crippen LogP contribution in [0.1, 0.15) is 366 Å². The smallest absolute Gasteiger partial charge is 0.113 e. The summed E-state index contributed by atoms with van der Waals surface area (Å²) in [5.74, 6) is 0. The molecule has 2 heterocycles. The van der Waals surface area contributed by atoms with E-state index in [0.717, 1.165) is 19.3 Å². The van der Waals surface area contributed by atoms with E-state index in [1.165, 1.54) is 143 Å².